The van der Waals surface area contributed by atoms with Gasteiger partial charge in [-0.2, -0.15) is 0 Å². The molecule has 0 bridgehead atoms. The van der Waals surface area contributed by atoms with Crippen LogP contribution in [0.1, 0.15) is 5.56 Å². The molecule has 1 aromatic heterocycles. The minimum Gasteiger partial charge on any atom is -0.354 e. The molecular formula is C16H11F2NO. The fourth-order valence-electron chi connectivity index (χ4n) is 2.21. The van der Waals surface area contributed by atoms with E-state index in [1.165, 1.54) is 12.1 Å². The molecule has 2 nitrogen and oxygen atoms in total. The van der Waals surface area contributed by atoms with Gasteiger partial charge in [0.2, 0.25) is 0 Å². The quantitative estimate of drug-likeness (QED) is 0.717. The molecular weight excluding hydrogens is 260 g/mol. The summed E-state index contributed by atoms with van der Waals surface area (Å²) < 4.78 is 26.7. The molecule has 0 aliphatic carbocycles. The Kier molecular flexibility index (Phi) is 2.86. The molecule has 2 aromatic carbocycles. The number of aromatic amines is 1. The van der Waals surface area contributed by atoms with Gasteiger partial charge in [0.1, 0.15) is 11.6 Å². The number of aromatic nitrogens is 1. The third-order valence-electron chi connectivity index (χ3n) is 3.21. The van der Waals surface area contributed by atoms with Crippen molar-refractivity contribution in [2.24, 2.45) is 0 Å². The van der Waals surface area contributed by atoms with Gasteiger partial charge >= 0.3 is 0 Å². The van der Waals surface area contributed by atoms with Gasteiger partial charge in [-0.25, -0.2) is 8.78 Å². The van der Waals surface area contributed by atoms with E-state index in [-0.39, 0.29) is 11.0 Å². The van der Waals surface area contributed by atoms with E-state index in [1.54, 1.807) is 12.1 Å². The summed E-state index contributed by atoms with van der Waals surface area (Å²) in [5.74, 6) is -1.35. The lowest BCUT2D eigenvalue weighted by Crippen LogP contribution is -2.04. The Balaban J connectivity index is 2.27. The molecule has 3 aromatic rings. The molecule has 0 saturated carbocycles. The summed E-state index contributed by atoms with van der Waals surface area (Å²) >= 11 is 0. The number of hydrogen-bond acceptors (Lipinski definition) is 1. The number of halogens is 2. The fraction of sp³-hybridized carbons (Fsp3) is 0.0625. The number of nitrogens with one attached hydrogen (secondary N) is 1. The molecule has 3 rings (SSSR count). The van der Waals surface area contributed by atoms with Crippen molar-refractivity contribution in [1.29, 1.82) is 0 Å². The van der Waals surface area contributed by atoms with Crippen molar-refractivity contribution in [2.45, 2.75) is 6.92 Å². The molecule has 0 amide bonds. The van der Waals surface area contributed by atoms with Crippen LogP contribution in [0.5, 0.6) is 0 Å². The van der Waals surface area contributed by atoms with E-state index in [0.717, 1.165) is 17.7 Å². The monoisotopic (exact) mass is 271 g/mol. The van der Waals surface area contributed by atoms with Gasteiger partial charge in [0.25, 0.3) is 0 Å². The van der Waals surface area contributed by atoms with Crippen molar-refractivity contribution < 1.29 is 8.78 Å². The van der Waals surface area contributed by atoms with E-state index in [9.17, 15) is 13.6 Å². The second-order valence-electron chi connectivity index (χ2n) is 4.72. The maximum Gasteiger partial charge on any atom is 0.190 e. The van der Waals surface area contributed by atoms with E-state index in [0.29, 0.717) is 16.6 Å². The van der Waals surface area contributed by atoms with Gasteiger partial charge in [0, 0.05) is 28.6 Å². The summed E-state index contributed by atoms with van der Waals surface area (Å²) in [4.78, 5) is 15.1. The molecule has 0 atom stereocenters. The van der Waals surface area contributed by atoms with Crippen LogP contribution in [0.15, 0.2) is 47.3 Å². The lowest BCUT2D eigenvalue weighted by atomic mass is 10.1. The minimum atomic E-state index is -0.702. The Morgan fingerprint density at radius 1 is 1.00 bits per heavy atom. The molecule has 1 heterocycles. The van der Waals surface area contributed by atoms with Gasteiger partial charge in [0.15, 0.2) is 5.43 Å². The van der Waals surface area contributed by atoms with Crippen LogP contribution in [0, 0.1) is 18.6 Å². The number of hydrogen-bond donors (Lipinski definition) is 1. The third kappa shape index (κ3) is 2.09. The van der Waals surface area contributed by atoms with Crippen LogP contribution in [0.3, 0.4) is 0 Å². The van der Waals surface area contributed by atoms with Crippen molar-refractivity contribution in [2.75, 3.05) is 0 Å². The molecule has 20 heavy (non-hydrogen) atoms. The Morgan fingerprint density at radius 2 is 1.80 bits per heavy atom. The topological polar surface area (TPSA) is 32.9 Å². The van der Waals surface area contributed by atoms with Gasteiger partial charge in [-0.3, -0.25) is 4.79 Å². The molecule has 100 valence electrons. The first-order valence-corrected chi connectivity index (χ1v) is 6.14. The molecule has 4 heteroatoms. The molecule has 0 spiro atoms. The van der Waals surface area contributed by atoms with Crippen LogP contribution in [-0.2, 0) is 0 Å². The Hall–Kier alpha value is -2.49. The van der Waals surface area contributed by atoms with Crippen LogP contribution in [0.4, 0.5) is 8.78 Å². The van der Waals surface area contributed by atoms with E-state index in [2.05, 4.69) is 4.98 Å². The number of fused-ring (bicyclic) bond motifs is 1. The summed E-state index contributed by atoms with van der Waals surface area (Å²) in [6.45, 7) is 1.90. The third-order valence-corrected chi connectivity index (χ3v) is 3.21. The van der Waals surface area contributed by atoms with Gasteiger partial charge < -0.3 is 4.98 Å². The van der Waals surface area contributed by atoms with E-state index in [1.807, 2.05) is 13.0 Å². The van der Waals surface area contributed by atoms with Crippen molar-refractivity contribution >= 4 is 10.9 Å². The lowest BCUT2D eigenvalue weighted by molar-refractivity contribution is 0.585. The largest absolute Gasteiger partial charge is 0.354 e. The number of rotatable bonds is 1. The van der Waals surface area contributed by atoms with Gasteiger partial charge in [0.05, 0.1) is 5.69 Å². The zero-order chi connectivity index (χ0) is 14.3. The van der Waals surface area contributed by atoms with Crippen molar-refractivity contribution in [3.63, 3.8) is 0 Å². The molecule has 0 fully saturated rings. The average Bonchev–Trinajstić information content (AvgIpc) is 2.39. The zero-order valence-corrected chi connectivity index (χ0v) is 10.7. The van der Waals surface area contributed by atoms with E-state index in [4.69, 9.17) is 0 Å². The standard InChI is InChI=1S/C16H11F2NO/c1-9-2-5-14-12(6-9)16(20)8-15(19-14)11-4-3-10(17)7-13(11)18/h2-8H,1H3,(H,19,20). The second-order valence-corrected chi connectivity index (χ2v) is 4.72. The number of aryl methyl sites for hydroxylation is 1. The predicted molar refractivity (Wildman–Crippen MR) is 74.7 cm³/mol. The number of benzene rings is 2. The second kappa shape index (κ2) is 4.56. The van der Waals surface area contributed by atoms with Crippen LogP contribution < -0.4 is 5.43 Å². The predicted octanol–water partition coefficient (Wildman–Crippen LogP) is 3.78. The number of H-pyrrole nitrogens is 1. The normalized spacial score (nSPS) is 10.9. The Morgan fingerprint density at radius 3 is 2.55 bits per heavy atom. The molecule has 0 aliphatic heterocycles. The maximum atomic E-state index is 13.8. The summed E-state index contributed by atoms with van der Waals surface area (Å²) in [5.41, 5.74) is 1.92. The molecule has 0 aliphatic rings. The van der Waals surface area contributed by atoms with E-state index < -0.39 is 11.6 Å². The first-order valence-electron chi connectivity index (χ1n) is 6.14. The Bertz CT molecular complexity index is 868. The van der Waals surface area contributed by atoms with Gasteiger partial charge in [-0.05, 0) is 31.2 Å². The van der Waals surface area contributed by atoms with Crippen molar-refractivity contribution in [3.8, 4) is 11.3 Å². The molecule has 0 radical (unpaired) electrons. The summed E-state index contributed by atoms with van der Waals surface area (Å²) in [6, 6.07) is 10.0. The summed E-state index contributed by atoms with van der Waals surface area (Å²) in [6.07, 6.45) is 0. The number of pyridine rings is 1. The van der Waals surface area contributed by atoms with Crippen molar-refractivity contribution in [3.05, 3.63) is 69.9 Å². The SMILES string of the molecule is Cc1ccc2[nH]c(-c3ccc(F)cc3F)cc(=O)c2c1. The average molecular weight is 271 g/mol. The van der Waals surface area contributed by atoms with Crippen LogP contribution >= 0.6 is 0 Å². The van der Waals surface area contributed by atoms with Gasteiger partial charge in [-0.1, -0.05) is 11.6 Å². The highest BCUT2D eigenvalue weighted by Gasteiger charge is 2.09. The Labute approximate surface area is 113 Å². The lowest BCUT2D eigenvalue weighted by Gasteiger charge is -2.06. The maximum absolute atomic E-state index is 13.8. The summed E-state index contributed by atoms with van der Waals surface area (Å²) in [7, 11) is 0. The summed E-state index contributed by atoms with van der Waals surface area (Å²) in [5, 5.41) is 0.552. The molecule has 1 N–H and O–H groups in total. The molecule has 0 saturated heterocycles. The highest BCUT2D eigenvalue weighted by Crippen LogP contribution is 2.22. The fourth-order valence-corrected chi connectivity index (χ4v) is 2.21. The van der Waals surface area contributed by atoms with Gasteiger partial charge in [-0.15, -0.1) is 0 Å². The highest BCUT2D eigenvalue weighted by molar-refractivity contribution is 5.82. The van der Waals surface area contributed by atoms with Crippen molar-refractivity contribution in [1.82, 2.24) is 4.98 Å². The highest BCUT2D eigenvalue weighted by atomic mass is 19.1. The smallest absolute Gasteiger partial charge is 0.190 e. The first kappa shape index (κ1) is 12.5. The minimum absolute atomic E-state index is 0.172. The van der Waals surface area contributed by atoms with Crippen LogP contribution in [0.25, 0.3) is 22.2 Å². The molecule has 0 unspecified atom stereocenters. The van der Waals surface area contributed by atoms with E-state index >= 15 is 0 Å². The van der Waals surface area contributed by atoms with Crippen LogP contribution in [0.2, 0.25) is 0 Å². The van der Waals surface area contributed by atoms with Crippen LogP contribution in [-0.4, -0.2) is 4.98 Å². The first-order chi connectivity index (χ1) is 9.54. The zero-order valence-electron chi connectivity index (χ0n) is 10.7.